The molecule has 0 amide bonds. The van der Waals surface area contributed by atoms with Crippen molar-refractivity contribution < 1.29 is 0 Å². The molecular formula is C18H24S. The minimum atomic E-state index is 1.07. The van der Waals surface area contributed by atoms with Crippen molar-refractivity contribution in [1.29, 1.82) is 0 Å². The first-order chi connectivity index (χ1) is 9.42. The van der Waals surface area contributed by atoms with Gasteiger partial charge in [-0.3, -0.25) is 0 Å². The van der Waals surface area contributed by atoms with Crippen LogP contribution in [-0.2, 0) is 6.42 Å². The van der Waals surface area contributed by atoms with Gasteiger partial charge in [0.15, 0.2) is 0 Å². The standard InChI is InChI=1S/C18H24S/c1(2-8-15-9-4-5-10-15)3-12-17-14-16-11-6-7-13-18(16)19-17/h6-7,11,13-15H,1-5,8-10,12H2. The molecule has 1 aromatic heterocycles. The van der Waals surface area contributed by atoms with Crippen LogP contribution in [0.4, 0.5) is 0 Å². The Balaban J connectivity index is 1.39. The second-order valence-electron chi connectivity index (χ2n) is 6.00. The van der Waals surface area contributed by atoms with E-state index < -0.39 is 0 Å². The molecule has 0 saturated heterocycles. The highest BCUT2D eigenvalue weighted by molar-refractivity contribution is 7.19. The third kappa shape index (κ3) is 3.60. The summed E-state index contributed by atoms with van der Waals surface area (Å²) in [5.41, 5.74) is 0. The van der Waals surface area contributed by atoms with Crippen LogP contribution >= 0.6 is 11.3 Å². The molecule has 0 nitrogen and oxygen atoms in total. The van der Waals surface area contributed by atoms with Crippen LogP contribution in [0.15, 0.2) is 30.3 Å². The van der Waals surface area contributed by atoms with Gasteiger partial charge in [0, 0.05) is 9.58 Å². The average molecular weight is 272 g/mol. The van der Waals surface area contributed by atoms with E-state index in [9.17, 15) is 0 Å². The first kappa shape index (κ1) is 13.2. The zero-order valence-electron chi connectivity index (χ0n) is 11.7. The molecule has 19 heavy (non-hydrogen) atoms. The van der Waals surface area contributed by atoms with E-state index in [4.69, 9.17) is 0 Å². The van der Waals surface area contributed by atoms with E-state index in [0.29, 0.717) is 0 Å². The van der Waals surface area contributed by atoms with Crippen LogP contribution in [0.2, 0.25) is 0 Å². The average Bonchev–Trinajstić information content (AvgIpc) is 3.06. The lowest BCUT2D eigenvalue weighted by atomic mass is 9.99. The zero-order valence-corrected chi connectivity index (χ0v) is 12.6. The van der Waals surface area contributed by atoms with Gasteiger partial charge in [-0.15, -0.1) is 11.3 Å². The Morgan fingerprint density at radius 1 is 1.00 bits per heavy atom. The fourth-order valence-electron chi connectivity index (χ4n) is 3.37. The van der Waals surface area contributed by atoms with Crippen molar-refractivity contribution in [2.75, 3.05) is 0 Å². The molecular weight excluding hydrogens is 248 g/mol. The van der Waals surface area contributed by atoms with Gasteiger partial charge in [0.25, 0.3) is 0 Å². The predicted molar refractivity (Wildman–Crippen MR) is 86.0 cm³/mol. The van der Waals surface area contributed by atoms with E-state index >= 15 is 0 Å². The number of hydrogen-bond donors (Lipinski definition) is 0. The van der Waals surface area contributed by atoms with Crippen molar-refractivity contribution in [3.63, 3.8) is 0 Å². The van der Waals surface area contributed by atoms with Gasteiger partial charge >= 0.3 is 0 Å². The van der Waals surface area contributed by atoms with Gasteiger partial charge in [-0.1, -0.05) is 63.1 Å². The Hall–Kier alpha value is -0.820. The molecule has 0 radical (unpaired) electrons. The SMILES string of the molecule is c1ccc2sc(CCCCCC3CCCC3)cc2c1. The lowest BCUT2D eigenvalue weighted by Crippen LogP contribution is -1.93. The summed E-state index contributed by atoms with van der Waals surface area (Å²) in [4.78, 5) is 1.57. The summed E-state index contributed by atoms with van der Waals surface area (Å²) in [6.07, 6.45) is 13.0. The van der Waals surface area contributed by atoms with Crippen LogP contribution in [0.5, 0.6) is 0 Å². The largest absolute Gasteiger partial charge is 0.140 e. The summed E-state index contributed by atoms with van der Waals surface area (Å²) >= 11 is 1.98. The quantitative estimate of drug-likeness (QED) is 0.550. The summed E-state index contributed by atoms with van der Waals surface area (Å²) in [5, 5.41) is 1.42. The Morgan fingerprint density at radius 2 is 1.84 bits per heavy atom. The van der Waals surface area contributed by atoms with Crippen molar-refractivity contribution in [3.8, 4) is 0 Å². The molecule has 1 aliphatic rings. The van der Waals surface area contributed by atoms with E-state index in [2.05, 4.69) is 30.3 Å². The van der Waals surface area contributed by atoms with Crippen LogP contribution in [0.25, 0.3) is 10.1 Å². The fraction of sp³-hybridized carbons (Fsp3) is 0.556. The summed E-state index contributed by atoms with van der Waals surface area (Å²) in [5.74, 6) is 1.07. The number of rotatable bonds is 6. The second-order valence-corrected chi connectivity index (χ2v) is 7.17. The highest BCUT2D eigenvalue weighted by atomic mass is 32.1. The molecule has 0 N–H and O–H groups in total. The molecule has 102 valence electrons. The summed E-state index contributed by atoms with van der Waals surface area (Å²) < 4.78 is 1.45. The highest BCUT2D eigenvalue weighted by Gasteiger charge is 2.13. The van der Waals surface area contributed by atoms with Crippen molar-refractivity contribution in [1.82, 2.24) is 0 Å². The van der Waals surface area contributed by atoms with E-state index in [1.54, 1.807) is 4.88 Å². The molecule has 1 saturated carbocycles. The number of fused-ring (bicyclic) bond motifs is 1. The topological polar surface area (TPSA) is 0 Å². The maximum atomic E-state index is 2.39. The molecule has 1 heterocycles. The van der Waals surface area contributed by atoms with Gasteiger partial charge in [-0.25, -0.2) is 0 Å². The molecule has 0 unspecified atom stereocenters. The van der Waals surface area contributed by atoms with E-state index in [1.807, 2.05) is 11.3 Å². The summed E-state index contributed by atoms with van der Waals surface area (Å²) in [7, 11) is 0. The second kappa shape index (κ2) is 6.56. The molecule has 3 rings (SSSR count). The number of benzene rings is 1. The van der Waals surface area contributed by atoms with Gasteiger partial charge < -0.3 is 0 Å². The number of aryl methyl sites for hydroxylation is 1. The molecule has 1 heteroatoms. The monoisotopic (exact) mass is 272 g/mol. The van der Waals surface area contributed by atoms with Gasteiger partial charge in [-0.2, -0.15) is 0 Å². The number of thiophene rings is 1. The third-order valence-electron chi connectivity index (χ3n) is 4.49. The van der Waals surface area contributed by atoms with E-state index in [1.165, 1.54) is 67.9 Å². The lowest BCUT2D eigenvalue weighted by molar-refractivity contribution is 0.468. The minimum absolute atomic E-state index is 1.07. The molecule has 0 bridgehead atoms. The van der Waals surface area contributed by atoms with Crippen LogP contribution < -0.4 is 0 Å². The van der Waals surface area contributed by atoms with Crippen molar-refractivity contribution >= 4 is 21.4 Å². The van der Waals surface area contributed by atoms with Gasteiger partial charge in [0.1, 0.15) is 0 Å². The molecule has 2 aromatic rings. The van der Waals surface area contributed by atoms with Gasteiger partial charge in [-0.05, 0) is 36.3 Å². The van der Waals surface area contributed by atoms with Crippen LogP contribution in [0.3, 0.4) is 0 Å². The number of hydrogen-bond acceptors (Lipinski definition) is 1. The van der Waals surface area contributed by atoms with E-state index in [0.717, 1.165) is 5.92 Å². The highest BCUT2D eigenvalue weighted by Crippen LogP contribution is 2.30. The van der Waals surface area contributed by atoms with Crippen molar-refractivity contribution in [2.24, 2.45) is 5.92 Å². The van der Waals surface area contributed by atoms with E-state index in [-0.39, 0.29) is 0 Å². The maximum Gasteiger partial charge on any atom is 0.0345 e. The number of unbranched alkanes of at least 4 members (excludes halogenated alkanes) is 2. The lowest BCUT2D eigenvalue weighted by Gasteiger charge is -2.07. The first-order valence-corrected chi connectivity index (χ1v) is 8.71. The van der Waals surface area contributed by atoms with Crippen LogP contribution in [-0.4, -0.2) is 0 Å². The first-order valence-electron chi connectivity index (χ1n) is 7.89. The fourth-order valence-corrected chi connectivity index (χ4v) is 4.47. The van der Waals surface area contributed by atoms with Gasteiger partial charge in [0.05, 0.1) is 0 Å². The molecule has 1 fully saturated rings. The smallest absolute Gasteiger partial charge is 0.0345 e. The molecule has 1 aromatic carbocycles. The molecule has 1 aliphatic carbocycles. The predicted octanol–water partition coefficient (Wildman–Crippen LogP) is 6.19. The maximum absolute atomic E-state index is 2.39. The normalized spacial score (nSPS) is 16.4. The summed E-state index contributed by atoms with van der Waals surface area (Å²) in [6.45, 7) is 0. The Morgan fingerprint density at radius 3 is 2.68 bits per heavy atom. The summed E-state index contributed by atoms with van der Waals surface area (Å²) in [6, 6.07) is 11.1. The Bertz CT molecular complexity index is 472. The van der Waals surface area contributed by atoms with Crippen molar-refractivity contribution in [2.45, 2.75) is 57.8 Å². The van der Waals surface area contributed by atoms with Crippen LogP contribution in [0, 0.1) is 5.92 Å². The van der Waals surface area contributed by atoms with Crippen LogP contribution in [0.1, 0.15) is 56.2 Å². The molecule has 0 atom stereocenters. The minimum Gasteiger partial charge on any atom is -0.140 e. The Labute approximate surface area is 120 Å². The Kier molecular flexibility index (Phi) is 4.55. The molecule has 0 aliphatic heterocycles. The van der Waals surface area contributed by atoms with Gasteiger partial charge in [0.2, 0.25) is 0 Å². The zero-order chi connectivity index (χ0) is 12.9. The van der Waals surface area contributed by atoms with Crippen molar-refractivity contribution in [3.05, 3.63) is 35.2 Å². The third-order valence-corrected chi connectivity index (χ3v) is 5.66. The molecule has 0 spiro atoms.